The van der Waals surface area contributed by atoms with Gasteiger partial charge in [0.2, 0.25) is 5.91 Å². The Balaban J connectivity index is 1.70. The molecule has 0 bridgehead atoms. The molecule has 3 amide bonds. The van der Waals surface area contributed by atoms with E-state index in [0.29, 0.717) is 32.1 Å². The zero-order chi connectivity index (χ0) is 24.9. The predicted octanol–water partition coefficient (Wildman–Crippen LogP) is 3.67. The summed E-state index contributed by atoms with van der Waals surface area (Å²) in [6.07, 6.45) is -4.00. The van der Waals surface area contributed by atoms with E-state index in [-0.39, 0.29) is 31.5 Å². The lowest BCUT2D eigenvalue weighted by molar-refractivity contribution is -0.194. The van der Waals surface area contributed by atoms with E-state index in [9.17, 15) is 32.7 Å². The van der Waals surface area contributed by atoms with E-state index in [1.807, 2.05) is 30.3 Å². The van der Waals surface area contributed by atoms with E-state index in [1.165, 1.54) is 4.90 Å². The number of alkyl halides is 3. The van der Waals surface area contributed by atoms with Crippen LogP contribution in [0.15, 0.2) is 30.3 Å². The van der Waals surface area contributed by atoms with Crippen molar-refractivity contribution in [1.29, 1.82) is 0 Å². The second-order valence-electron chi connectivity index (χ2n) is 9.87. The SMILES string of the molecule is CC[C@@H]1CN(C(=O)C(F)(F)F)C2(CC2)CN1C(=O)[C@@]1(Cc2ccccc2)CC[C@@H](C)N1C(=O)O. The number of hydrogen-bond acceptors (Lipinski definition) is 3. The molecule has 1 aromatic carbocycles. The maximum atomic E-state index is 14.2. The van der Waals surface area contributed by atoms with Crippen LogP contribution in [0.5, 0.6) is 0 Å². The van der Waals surface area contributed by atoms with Gasteiger partial charge >= 0.3 is 18.2 Å². The summed E-state index contributed by atoms with van der Waals surface area (Å²) in [6.45, 7) is 3.32. The minimum absolute atomic E-state index is 0.00939. The van der Waals surface area contributed by atoms with Crippen LogP contribution < -0.4 is 0 Å². The molecule has 0 unspecified atom stereocenters. The normalized spacial score (nSPS) is 28.3. The summed E-state index contributed by atoms with van der Waals surface area (Å²) in [5, 5.41) is 10.1. The second kappa shape index (κ2) is 8.46. The standard InChI is InChI=1S/C24H30F3N3O4/c1-3-18-14-29(20(32)24(25,26)27)22(11-12-22)15-28(18)19(31)23(13-17-7-5-4-6-8-17)10-9-16(2)30(23)21(33)34/h4-8,16,18H,3,9-15H2,1-2H3,(H,33,34)/t16-,18-,23+/m1/s1. The average molecular weight is 482 g/mol. The minimum Gasteiger partial charge on any atom is -0.465 e. The smallest absolute Gasteiger partial charge is 0.465 e. The lowest BCUT2D eigenvalue weighted by Gasteiger charge is -2.50. The molecule has 2 heterocycles. The maximum Gasteiger partial charge on any atom is 0.471 e. The Morgan fingerprint density at radius 1 is 1.12 bits per heavy atom. The number of hydrogen-bond donors (Lipinski definition) is 1. The lowest BCUT2D eigenvalue weighted by Crippen LogP contribution is -2.69. The molecule has 1 saturated carbocycles. The number of likely N-dealkylation sites (tertiary alicyclic amines) is 1. The third-order valence-electron chi connectivity index (χ3n) is 7.74. The number of benzene rings is 1. The van der Waals surface area contributed by atoms with Crippen molar-refractivity contribution in [2.45, 2.75) is 81.7 Å². The number of nitrogens with zero attached hydrogens (tertiary/aromatic N) is 3. The summed E-state index contributed by atoms with van der Waals surface area (Å²) in [7, 11) is 0. The van der Waals surface area contributed by atoms with Crippen LogP contribution in [0.25, 0.3) is 0 Å². The first kappa shape index (κ1) is 24.3. The fourth-order valence-electron chi connectivity index (χ4n) is 5.80. The van der Waals surface area contributed by atoms with Crippen molar-refractivity contribution in [2.75, 3.05) is 13.1 Å². The van der Waals surface area contributed by atoms with Crippen LogP contribution in [0.2, 0.25) is 0 Å². The third kappa shape index (κ3) is 4.01. The van der Waals surface area contributed by atoms with Crippen LogP contribution in [-0.2, 0) is 16.0 Å². The summed E-state index contributed by atoms with van der Waals surface area (Å²) < 4.78 is 39.8. The molecule has 10 heteroatoms. The van der Waals surface area contributed by atoms with Gasteiger partial charge in [-0.05, 0) is 44.6 Å². The molecule has 3 fully saturated rings. The third-order valence-corrected chi connectivity index (χ3v) is 7.74. The Labute approximate surface area is 196 Å². The summed E-state index contributed by atoms with van der Waals surface area (Å²) in [4.78, 5) is 42.5. The predicted molar refractivity (Wildman–Crippen MR) is 117 cm³/mol. The molecule has 0 aromatic heterocycles. The van der Waals surface area contributed by atoms with Gasteiger partial charge < -0.3 is 14.9 Å². The van der Waals surface area contributed by atoms with Crippen molar-refractivity contribution in [3.63, 3.8) is 0 Å². The number of carbonyl (C=O) groups is 3. The molecule has 3 aliphatic rings. The molecule has 3 atom stereocenters. The zero-order valence-electron chi connectivity index (χ0n) is 19.3. The van der Waals surface area contributed by atoms with Gasteiger partial charge in [0.15, 0.2) is 0 Å². The molecule has 34 heavy (non-hydrogen) atoms. The first-order valence-electron chi connectivity index (χ1n) is 11.7. The molecular weight excluding hydrogens is 451 g/mol. The average Bonchev–Trinajstić information content (AvgIpc) is 3.47. The van der Waals surface area contributed by atoms with Crippen molar-refractivity contribution in [3.8, 4) is 0 Å². The van der Waals surface area contributed by atoms with E-state index in [2.05, 4.69) is 0 Å². The quantitative estimate of drug-likeness (QED) is 0.712. The van der Waals surface area contributed by atoms with Gasteiger partial charge in [-0.15, -0.1) is 0 Å². The van der Waals surface area contributed by atoms with Gasteiger partial charge in [0.1, 0.15) is 5.54 Å². The van der Waals surface area contributed by atoms with Crippen molar-refractivity contribution in [2.24, 2.45) is 0 Å². The van der Waals surface area contributed by atoms with Gasteiger partial charge in [0, 0.05) is 31.6 Å². The molecule has 0 radical (unpaired) electrons. The summed E-state index contributed by atoms with van der Waals surface area (Å²) in [5.74, 6) is -2.24. The number of amides is 3. The van der Waals surface area contributed by atoms with E-state index < -0.39 is 35.3 Å². The van der Waals surface area contributed by atoms with Gasteiger partial charge in [-0.1, -0.05) is 37.3 Å². The van der Waals surface area contributed by atoms with E-state index in [1.54, 1.807) is 18.7 Å². The van der Waals surface area contributed by atoms with Crippen LogP contribution in [-0.4, -0.2) is 80.1 Å². The van der Waals surface area contributed by atoms with Crippen LogP contribution in [0, 0.1) is 0 Å². The number of carboxylic acid groups (broad SMARTS) is 1. The highest BCUT2D eigenvalue weighted by atomic mass is 19.4. The van der Waals surface area contributed by atoms with Crippen molar-refractivity contribution in [3.05, 3.63) is 35.9 Å². The monoisotopic (exact) mass is 481 g/mol. The Bertz CT molecular complexity index is 966. The summed E-state index contributed by atoms with van der Waals surface area (Å²) in [6, 6.07) is 8.19. The highest BCUT2D eigenvalue weighted by molar-refractivity contribution is 5.92. The molecule has 1 aliphatic carbocycles. The Hall–Kier alpha value is -2.78. The Kier molecular flexibility index (Phi) is 6.06. The lowest BCUT2D eigenvalue weighted by atomic mass is 9.85. The first-order valence-corrected chi connectivity index (χ1v) is 11.7. The van der Waals surface area contributed by atoms with Gasteiger partial charge in [-0.25, -0.2) is 4.79 Å². The number of halogens is 3. The zero-order valence-corrected chi connectivity index (χ0v) is 19.3. The molecule has 2 aliphatic heterocycles. The van der Waals surface area contributed by atoms with E-state index in [4.69, 9.17) is 0 Å². The molecular formula is C24H30F3N3O4. The fraction of sp³-hybridized carbons (Fsp3) is 0.625. The van der Waals surface area contributed by atoms with Crippen molar-refractivity contribution < 1.29 is 32.7 Å². The van der Waals surface area contributed by atoms with Crippen molar-refractivity contribution in [1.82, 2.24) is 14.7 Å². The molecule has 1 N–H and O–H groups in total. The van der Waals surface area contributed by atoms with Crippen LogP contribution in [0.4, 0.5) is 18.0 Å². The van der Waals surface area contributed by atoms with Crippen LogP contribution in [0.3, 0.4) is 0 Å². The van der Waals surface area contributed by atoms with Gasteiger partial charge in [-0.3, -0.25) is 14.5 Å². The Morgan fingerprint density at radius 2 is 1.76 bits per heavy atom. The van der Waals surface area contributed by atoms with Gasteiger partial charge in [-0.2, -0.15) is 13.2 Å². The van der Waals surface area contributed by atoms with E-state index >= 15 is 0 Å². The minimum atomic E-state index is -4.98. The fourth-order valence-corrected chi connectivity index (χ4v) is 5.80. The molecule has 7 nitrogen and oxygen atoms in total. The molecule has 1 aromatic rings. The number of piperazine rings is 1. The number of rotatable bonds is 4. The molecule has 4 rings (SSSR count). The molecule has 1 spiro atoms. The highest BCUT2D eigenvalue weighted by Crippen LogP contribution is 2.48. The van der Waals surface area contributed by atoms with Gasteiger partial charge in [0.05, 0.1) is 5.54 Å². The van der Waals surface area contributed by atoms with Crippen LogP contribution >= 0.6 is 0 Å². The topological polar surface area (TPSA) is 81.2 Å². The molecule has 2 saturated heterocycles. The first-order chi connectivity index (χ1) is 15.9. The highest BCUT2D eigenvalue weighted by Gasteiger charge is 2.62. The van der Waals surface area contributed by atoms with E-state index in [0.717, 1.165) is 10.5 Å². The number of carbonyl (C=O) groups excluding carboxylic acids is 2. The van der Waals surface area contributed by atoms with Crippen molar-refractivity contribution >= 4 is 17.9 Å². The molecule has 186 valence electrons. The second-order valence-corrected chi connectivity index (χ2v) is 9.87. The summed E-state index contributed by atoms with van der Waals surface area (Å²) in [5.41, 5.74) is -1.55. The largest absolute Gasteiger partial charge is 0.471 e. The maximum absolute atomic E-state index is 14.2. The van der Waals surface area contributed by atoms with Crippen LogP contribution in [0.1, 0.15) is 51.5 Å². The van der Waals surface area contributed by atoms with Gasteiger partial charge in [0.25, 0.3) is 0 Å². The summed E-state index contributed by atoms with van der Waals surface area (Å²) >= 11 is 0. The Morgan fingerprint density at radius 3 is 2.29 bits per heavy atom.